The number of aromatic hydroxyl groups is 1. The van der Waals surface area contributed by atoms with Crippen LogP contribution in [0.3, 0.4) is 0 Å². The predicted molar refractivity (Wildman–Crippen MR) is 98.3 cm³/mol. The van der Waals surface area contributed by atoms with E-state index in [1.165, 1.54) is 6.07 Å². The molecule has 1 aromatic carbocycles. The number of phenolic OH excluding ortho intramolecular Hbond substituents is 1. The van der Waals surface area contributed by atoms with Crippen LogP contribution < -0.4 is 0 Å². The van der Waals surface area contributed by atoms with E-state index in [2.05, 4.69) is 18.9 Å². The molecule has 1 aliphatic heterocycles. The summed E-state index contributed by atoms with van der Waals surface area (Å²) < 4.78 is 1.98. The quantitative estimate of drug-likeness (QED) is 0.884. The molecule has 26 heavy (non-hydrogen) atoms. The number of amides is 1. The molecular weight excluding hydrogens is 352 g/mol. The van der Waals surface area contributed by atoms with Crippen molar-refractivity contribution in [1.29, 1.82) is 0 Å². The van der Waals surface area contributed by atoms with E-state index in [-0.39, 0.29) is 22.7 Å². The van der Waals surface area contributed by atoms with Gasteiger partial charge in [-0.05, 0) is 43.4 Å². The monoisotopic (exact) mass is 374 g/mol. The lowest BCUT2D eigenvalue weighted by molar-refractivity contribution is 0.0578. The largest absolute Gasteiger partial charge is 0.506 e. The van der Waals surface area contributed by atoms with Crippen molar-refractivity contribution in [2.24, 2.45) is 5.92 Å². The molecule has 0 spiro atoms. The highest BCUT2D eigenvalue weighted by atomic mass is 35.5. The summed E-state index contributed by atoms with van der Waals surface area (Å²) in [5.41, 5.74) is 0.441. The van der Waals surface area contributed by atoms with Crippen LogP contribution in [0.25, 0.3) is 0 Å². The SMILES string of the molecule is CC(C)C[C@H]1c2nc(C3CC3)nn2CCN1C(=O)c1ccc(Cl)c(O)c1. The molecule has 1 fully saturated rings. The summed E-state index contributed by atoms with van der Waals surface area (Å²) in [5.74, 6) is 2.54. The zero-order chi connectivity index (χ0) is 18.4. The van der Waals surface area contributed by atoms with Crippen molar-refractivity contribution in [3.05, 3.63) is 40.4 Å². The molecule has 6 nitrogen and oxygen atoms in total. The van der Waals surface area contributed by atoms with Gasteiger partial charge in [-0.3, -0.25) is 4.79 Å². The van der Waals surface area contributed by atoms with Gasteiger partial charge in [0.15, 0.2) is 5.82 Å². The standard InChI is InChI=1S/C19H23ClN4O2/c1-11(2)9-15-18-21-17(12-3-4-12)22-24(18)8-7-23(15)19(26)13-5-6-14(20)16(25)10-13/h5-6,10-12,15,25H,3-4,7-9H2,1-2H3/t15-/m0/s1. The molecule has 7 heteroatoms. The number of hydrogen-bond acceptors (Lipinski definition) is 4. The number of carbonyl (C=O) groups is 1. The van der Waals surface area contributed by atoms with Gasteiger partial charge in [-0.15, -0.1) is 0 Å². The van der Waals surface area contributed by atoms with Crippen LogP contribution in [-0.2, 0) is 6.54 Å². The van der Waals surface area contributed by atoms with Gasteiger partial charge >= 0.3 is 0 Å². The van der Waals surface area contributed by atoms with E-state index >= 15 is 0 Å². The van der Waals surface area contributed by atoms with Crippen LogP contribution in [0.4, 0.5) is 0 Å². The summed E-state index contributed by atoms with van der Waals surface area (Å²) in [6.45, 7) is 5.52. The molecule has 0 bridgehead atoms. The molecule has 0 unspecified atom stereocenters. The normalized spacial score (nSPS) is 19.7. The van der Waals surface area contributed by atoms with Crippen LogP contribution in [0.5, 0.6) is 5.75 Å². The number of aromatic nitrogens is 3. The zero-order valence-corrected chi connectivity index (χ0v) is 15.8. The van der Waals surface area contributed by atoms with Crippen molar-refractivity contribution >= 4 is 17.5 Å². The third kappa shape index (κ3) is 3.18. The maximum atomic E-state index is 13.1. The van der Waals surface area contributed by atoms with Gasteiger partial charge in [0.2, 0.25) is 0 Å². The van der Waals surface area contributed by atoms with Gasteiger partial charge < -0.3 is 10.0 Å². The third-order valence-corrected chi connectivity index (χ3v) is 5.35. The van der Waals surface area contributed by atoms with E-state index in [0.717, 1.165) is 30.9 Å². The van der Waals surface area contributed by atoms with Crippen molar-refractivity contribution in [3.8, 4) is 5.75 Å². The fraction of sp³-hybridized carbons (Fsp3) is 0.526. The second kappa shape index (κ2) is 6.58. The Hall–Kier alpha value is -2.08. The predicted octanol–water partition coefficient (Wildman–Crippen LogP) is 3.76. The highest BCUT2D eigenvalue weighted by Crippen LogP contribution is 2.40. The van der Waals surface area contributed by atoms with Gasteiger partial charge in [0.05, 0.1) is 17.6 Å². The van der Waals surface area contributed by atoms with E-state index in [4.69, 9.17) is 16.6 Å². The summed E-state index contributed by atoms with van der Waals surface area (Å²) in [6, 6.07) is 4.55. The Labute approximate surface area is 157 Å². The van der Waals surface area contributed by atoms with Crippen LogP contribution in [0, 0.1) is 5.92 Å². The molecule has 1 aliphatic carbocycles. The van der Waals surface area contributed by atoms with E-state index in [1.54, 1.807) is 12.1 Å². The molecule has 2 aliphatic rings. The highest BCUT2D eigenvalue weighted by molar-refractivity contribution is 6.32. The molecule has 138 valence electrons. The van der Waals surface area contributed by atoms with Crippen molar-refractivity contribution in [3.63, 3.8) is 0 Å². The number of phenols is 1. The summed E-state index contributed by atoms with van der Waals surface area (Å²) in [5, 5.41) is 14.8. The van der Waals surface area contributed by atoms with Crippen LogP contribution in [-0.4, -0.2) is 37.2 Å². The van der Waals surface area contributed by atoms with E-state index < -0.39 is 0 Å². The van der Waals surface area contributed by atoms with Crippen LogP contribution >= 0.6 is 11.6 Å². The van der Waals surface area contributed by atoms with Gasteiger partial charge in [-0.2, -0.15) is 5.10 Å². The summed E-state index contributed by atoms with van der Waals surface area (Å²) in [6.07, 6.45) is 3.14. The van der Waals surface area contributed by atoms with Crippen LogP contribution in [0.2, 0.25) is 5.02 Å². The van der Waals surface area contributed by atoms with Crippen LogP contribution in [0.15, 0.2) is 18.2 Å². The number of hydrogen-bond donors (Lipinski definition) is 1. The van der Waals surface area contributed by atoms with E-state index in [0.29, 0.717) is 30.5 Å². The van der Waals surface area contributed by atoms with Gasteiger partial charge in [0.25, 0.3) is 5.91 Å². The molecule has 4 rings (SSSR count). The molecule has 2 aromatic rings. The molecule has 0 saturated heterocycles. The zero-order valence-electron chi connectivity index (χ0n) is 15.0. The lowest BCUT2D eigenvalue weighted by atomic mass is 9.99. The first-order valence-electron chi connectivity index (χ1n) is 9.18. The van der Waals surface area contributed by atoms with Gasteiger partial charge in [0.1, 0.15) is 11.6 Å². The number of fused-ring (bicyclic) bond motifs is 1. The number of carbonyl (C=O) groups excluding carboxylic acids is 1. The van der Waals surface area contributed by atoms with Crippen molar-refractivity contribution < 1.29 is 9.90 Å². The first kappa shape index (κ1) is 17.3. The minimum Gasteiger partial charge on any atom is -0.506 e. The average Bonchev–Trinajstić information content (AvgIpc) is 3.36. The van der Waals surface area contributed by atoms with Gasteiger partial charge in [-0.25, -0.2) is 9.67 Å². The fourth-order valence-corrected chi connectivity index (χ4v) is 3.65. The maximum absolute atomic E-state index is 13.1. The Morgan fingerprint density at radius 1 is 1.35 bits per heavy atom. The van der Waals surface area contributed by atoms with E-state index in [1.807, 2.05) is 9.58 Å². The lowest BCUT2D eigenvalue weighted by Crippen LogP contribution is -2.43. The van der Waals surface area contributed by atoms with Crippen molar-refractivity contribution in [2.45, 2.75) is 51.6 Å². The molecule has 1 atom stereocenters. The van der Waals surface area contributed by atoms with Crippen molar-refractivity contribution in [1.82, 2.24) is 19.7 Å². The minimum atomic E-state index is -0.107. The Morgan fingerprint density at radius 2 is 2.12 bits per heavy atom. The Morgan fingerprint density at radius 3 is 2.77 bits per heavy atom. The third-order valence-electron chi connectivity index (χ3n) is 5.03. The number of halogens is 1. The first-order valence-corrected chi connectivity index (χ1v) is 9.56. The number of benzene rings is 1. The number of nitrogens with zero attached hydrogens (tertiary/aromatic N) is 4. The highest BCUT2D eigenvalue weighted by Gasteiger charge is 2.37. The van der Waals surface area contributed by atoms with Gasteiger partial charge in [-0.1, -0.05) is 25.4 Å². The van der Waals surface area contributed by atoms with Crippen molar-refractivity contribution in [2.75, 3.05) is 6.54 Å². The second-order valence-electron chi connectivity index (χ2n) is 7.64. The summed E-state index contributed by atoms with van der Waals surface area (Å²) in [4.78, 5) is 19.8. The number of rotatable bonds is 4. The Bertz CT molecular complexity index is 844. The van der Waals surface area contributed by atoms with Crippen LogP contribution in [0.1, 0.15) is 67.1 Å². The van der Waals surface area contributed by atoms with E-state index in [9.17, 15) is 9.90 Å². The molecule has 0 radical (unpaired) electrons. The molecule has 1 saturated carbocycles. The molecule has 1 amide bonds. The van der Waals surface area contributed by atoms with Gasteiger partial charge in [0, 0.05) is 18.0 Å². The average molecular weight is 375 g/mol. The maximum Gasteiger partial charge on any atom is 0.254 e. The second-order valence-corrected chi connectivity index (χ2v) is 8.04. The topological polar surface area (TPSA) is 71.2 Å². The minimum absolute atomic E-state index is 0.0749. The lowest BCUT2D eigenvalue weighted by Gasteiger charge is -2.36. The smallest absolute Gasteiger partial charge is 0.254 e. The first-order chi connectivity index (χ1) is 12.4. The fourth-order valence-electron chi connectivity index (χ4n) is 3.53. The molecular formula is C19H23ClN4O2. The summed E-state index contributed by atoms with van der Waals surface area (Å²) >= 11 is 5.88. The molecule has 2 heterocycles. The Kier molecular flexibility index (Phi) is 4.39. The molecule has 1 N–H and O–H groups in total. The molecule has 1 aromatic heterocycles. The Balaban J connectivity index is 1.67. The summed E-state index contributed by atoms with van der Waals surface area (Å²) in [7, 11) is 0.